The Balaban J connectivity index is 2.04. The second kappa shape index (κ2) is 10.1. The molecule has 33 heavy (non-hydrogen) atoms. The number of benzene rings is 2. The molecule has 2 aromatic carbocycles. The van der Waals surface area contributed by atoms with Gasteiger partial charge in [-0.25, -0.2) is 4.99 Å². The van der Waals surface area contributed by atoms with Crippen molar-refractivity contribution in [1.29, 1.82) is 0 Å². The number of aliphatic imine (C=N–C) groups is 1. The van der Waals surface area contributed by atoms with Crippen molar-refractivity contribution in [2.75, 3.05) is 32.7 Å². The molecule has 0 spiro atoms. The van der Waals surface area contributed by atoms with Crippen LogP contribution in [0.15, 0.2) is 41.4 Å². The van der Waals surface area contributed by atoms with E-state index in [9.17, 15) is 14.7 Å². The van der Waals surface area contributed by atoms with Gasteiger partial charge in [0.25, 0.3) is 5.91 Å². The predicted octanol–water partition coefficient (Wildman–Crippen LogP) is 1.87. The van der Waals surface area contributed by atoms with Gasteiger partial charge in [-0.05, 0) is 37.4 Å². The number of aliphatic hydroxyl groups is 1. The largest absolute Gasteiger partial charge is 0.496 e. The van der Waals surface area contributed by atoms with Crippen molar-refractivity contribution in [2.24, 2.45) is 16.6 Å². The van der Waals surface area contributed by atoms with E-state index in [4.69, 9.17) is 15.3 Å². The summed E-state index contributed by atoms with van der Waals surface area (Å²) in [7, 11) is 5.33. The highest BCUT2D eigenvalue weighted by Gasteiger charge is 2.42. The first-order valence-corrected chi connectivity index (χ1v) is 10.5. The van der Waals surface area contributed by atoms with Crippen molar-refractivity contribution >= 4 is 24.2 Å². The van der Waals surface area contributed by atoms with E-state index in [2.05, 4.69) is 11.7 Å². The van der Waals surface area contributed by atoms with E-state index in [-0.39, 0.29) is 13.2 Å². The Morgan fingerprint density at radius 1 is 1.36 bits per heavy atom. The number of anilines is 1. The fourth-order valence-electron chi connectivity index (χ4n) is 4.05. The molecule has 176 valence electrons. The summed E-state index contributed by atoms with van der Waals surface area (Å²) in [5.41, 5.74) is 9.14. The second-order valence-corrected chi connectivity index (χ2v) is 8.25. The number of primary amides is 1. The molecule has 9 nitrogen and oxygen atoms in total. The highest BCUT2D eigenvalue weighted by molar-refractivity contribution is 5.99. The minimum Gasteiger partial charge on any atom is -0.496 e. The smallest absolute Gasteiger partial charge is 0.276 e. The fourth-order valence-corrected chi connectivity index (χ4v) is 4.05. The van der Waals surface area contributed by atoms with Crippen LogP contribution in [0.2, 0.25) is 0 Å². The average Bonchev–Trinajstić information content (AvgIpc) is 3.22. The van der Waals surface area contributed by atoms with Crippen molar-refractivity contribution in [3.8, 4) is 16.9 Å². The van der Waals surface area contributed by atoms with Crippen LogP contribution in [0.5, 0.6) is 5.75 Å². The Hall–Kier alpha value is -3.27. The van der Waals surface area contributed by atoms with Crippen molar-refractivity contribution in [2.45, 2.75) is 25.6 Å². The summed E-state index contributed by atoms with van der Waals surface area (Å²) in [6.07, 6.45) is -0.746. The Bertz CT molecular complexity index is 1050. The molecule has 3 N–H and O–H groups in total. The van der Waals surface area contributed by atoms with Crippen molar-refractivity contribution in [1.82, 2.24) is 5.06 Å². The molecule has 1 aliphatic rings. The van der Waals surface area contributed by atoms with Crippen LogP contribution in [0.4, 0.5) is 5.69 Å². The summed E-state index contributed by atoms with van der Waals surface area (Å²) in [5, 5.41) is 11.5. The summed E-state index contributed by atoms with van der Waals surface area (Å²) >= 11 is 0. The lowest BCUT2D eigenvalue weighted by atomic mass is 9.95. The number of rotatable bonds is 8. The monoisotopic (exact) mass is 454 g/mol. The molecule has 9 heteroatoms. The summed E-state index contributed by atoms with van der Waals surface area (Å²) in [5.74, 6) is -0.833. The van der Waals surface area contributed by atoms with Gasteiger partial charge >= 0.3 is 0 Å². The van der Waals surface area contributed by atoms with Gasteiger partial charge in [-0.15, -0.1) is 0 Å². The van der Waals surface area contributed by atoms with E-state index in [1.165, 1.54) is 5.06 Å². The standard InChI is InChI=1S/C24H30N4O5/c1-14(29)20-13-33-28(21(20)23(25)30)12-15-7-6-8-19(22(15)32-5)16-9-17(24(31)26-2)11-18(10-16)27(3)4/h6-11,14,20-21,29H,2,12-13H2,1,3-5H3,(H2,25,30)/t14-,20-,21-/m0/s1. The van der Waals surface area contributed by atoms with Gasteiger partial charge in [0, 0.05) is 42.4 Å². The maximum atomic E-state index is 12.2. The first-order chi connectivity index (χ1) is 15.7. The number of hydrogen-bond acceptors (Lipinski definition) is 7. The van der Waals surface area contributed by atoms with Crippen LogP contribution in [0.1, 0.15) is 22.8 Å². The average molecular weight is 455 g/mol. The van der Waals surface area contributed by atoms with Crippen LogP contribution in [0.3, 0.4) is 0 Å². The zero-order valence-corrected chi connectivity index (χ0v) is 19.3. The van der Waals surface area contributed by atoms with Crippen LogP contribution in [-0.2, 0) is 16.2 Å². The molecule has 0 aliphatic carbocycles. The molecule has 1 saturated heterocycles. The van der Waals surface area contributed by atoms with Gasteiger partial charge in [0.1, 0.15) is 11.8 Å². The first kappa shape index (κ1) is 24.4. The molecule has 0 unspecified atom stereocenters. The van der Waals surface area contributed by atoms with Gasteiger partial charge in [-0.3, -0.25) is 14.4 Å². The number of aliphatic hydroxyl groups excluding tert-OH is 1. The number of hydroxylamine groups is 2. The third-order valence-electron chi connectivity index (χ3n) is 5.82. The van der Waals surface area contributed by atoms with Gasteiger partial charge in [0.15, 0.2) is 0 Å². The van der Waals surface area contributed by atoms with Gasteiger partial charge < -0.3 is 20.5 Å². The topological polar surface area (TPSA) is 118 Å². The molecule has 0 aromatic heterocycles. The Morgan fingerprint density at radius 2 is 2.09 bits per heavy atom. The number of nitrogens with zero attached hydrogens (tertiary/aromatic N) is 3. The summed E-state index contributed by atoms with van der Waals surface area (Å²) in [4.78, 5) is 35.5. The van der Waals surface area contributed by atoms with E-state index in [1.54, 1.807) is 26.2 Å². The molecule has 3 rings (SSSR count). The van der Waals surface area contributed by atoms with Gasteiger partial charge in [0.05, 0.1) is 26.4 Å². The van der Waals surface area contributed by atoms with E-state index in [0.29, 0.717) is 11.3 Å². The normalized spacial score (nSPS) is 19.2. The third-order valence-corrected chi connectivity index (χ3v) is 5.82. The molecule has 1 heterocycles. The lowest BCUT2D eigenvalue weighted by molar-refractivity contribution is -0.155. The van der Waals surface area contributed by atoms with Crippen molar-refractivity contribution in [3.05, 3.63) is 47.5 Å². The van der Waals surface area contributed by atoms with Gasteiger partial charge in [0.2, 0.25) is 5.91 Å². The minimum absolute atomic E-state index is 0.193. The first-order valence-electron chi connectivity index (χ1n) is 10.5. The number of hydrogen-bond donors (Lipinski definition) is 2. The Labute approximate surface area is 193 Å². The zero-order valence-electron chi connectivity index (χ0n) is 19.3. The van der Waals surface area contributed by atoms with Crippen LogP contribution < -0.4 is 15.4 Å². The second-order valence-electron chi connectivity index (χ2n) is 8.25. The zero-order chi connectivity index (χ0) is 24.3. The quantitative estimate of drug-likeness (QED) is 0.585. The molecule has 1 aliphatic heterocycles. The van der Waals surface area contributed by atoms with Crippen molar-refractivity contribution in [3.63, 3.8) is 0 Å². The van der Waals surface area contributed by atoms with Crippen LogP contribution in [0.25, 0.3) is 11.1 Å². The third kappa shape index (κ3) is 5.05. The number of ether oxygens (including phenoxy) is 1. The number of carbonyl (C=O) groups excluding carboxylic acids is 2. The molecule has 2 aromatic rings. The fraction of sp³-hybridized carbons (Fsp3) is 0.375. The van der Waals surface area contributed by atoms with Crippen LogP contribution >= 0.6 is 0 Å². The lowest BCUT2D eigenvalue weighted by Crippen LogP contribution is -2.45. The molecule has 3 atom stereocenters. The van der Waals surface area contributed by atoms with Crippen LogP contribution in [0, 0.1) is 5.92 Å². The number of para-hydroxylation sites is 1. The molecular weight excluding hydrogens is 424 g/mol. The summed E-state index contributed by atoms with van der Waals surface area (Å²) in [6, 6.07) is 10.3. The Kier molecular flexibility index (Phi) is 7.47. The molecular formula is C24H30N4O5. The predicted molar refractivity (Wildman–Crippen MR) is 126 cm³/mol. The summed E-state index contributed by atoms with van der Waals surface area (Å²) < 4.78 is 5.76. The van der Waals surface area contributed by atoms with E-state index >= 15 is 0 Å². The number of nitrogens with two attached hydrogens (primary N) is 1. The number of amides is 2. The maximum absolute atomic E-state index is 12.2. The highest BCUT2D eigenvalue weighted by Crippen LogP contribution is 2.37. The molecule has 1 fully saturated rings. The molecule has 0 bridgehead atoms. The van der Waals surface area contributed by atoms with E-state index in [1.807, 2.05) is 43.3 Å². The highest BCUT2D eigenvalue weighted by atomic mass is 16.7. The maximum Gasteiger partial charge on any atom is 0.276 e. The van der Waals surface area contributed by atoms with E-state index in [0.717, 1.165) is 22.4 Å². The molecule has 2 amide bonds. The lowest BCUT2D eigenvalue weighted by Gasteiger charge is -2.25. The number of carbonyl (C=O) groups is 2. The SMILES string of the molecule is C=NC(=O)c1cc(-c2cccc(CN3OC[C@@H]([C@H](C)O)[C@H]3C(N)=O)c2OC)cc(N(C)C)c1. The Morgan fingerprint density at radius 3 is 2.67 bits per heavy atom. The van der Waals surface area contributed by atoms with Gasteiger partial charge in [-0.1, -0.05) is 18.2 Å². The molecule has 0 radical (unpaired) electrons. The molecule has 0 saturated carbocycles. The number of methoxy groups -OCH3 is 1. The minimum atomic E-state index is -0.765. The van der Waals surface area contributed by atoms with Crippen molar-refractivity contribution < 1.29 is 24.3 Å². The van der Waals surface area contributed by atoms with E-state index < -0.39 is 29.9 Å². The van der Waals surface area contributed by atoms with Crippen LogP contribution in [-0.4, -0.2) is 68.7 Å². The summed E-state index contributed by atoms with van der Waals surface area (Å²) in [6.45, 7) is 5.38. The van der Waals surface area contributed by atoms with Gasteiger partial charge in [-0.2, -0.15) is 5.06 Å².